The van der Waals surface area contributed by atoms with Gasteiger partial charge in [-0.3, -0.25) is 9.36 Å². The van der Waals surface area contributed by atoms with Crippen LogP contribution in [0.25, 0.3) is 22.2 Å². The smallest absolute Gasteiger partial charge is 0.260 e. The van der Waals surface area contributed by atoms with Crippen LogP contribution in [-0.4, -0.2) is 51.6 Å². The van der Waals surface area contributed by atoms with E-state index in [0.29, 0.717) is 35.5 Å². The van der Waals surface area contributed by atoms with Crippen molar-refractivity contribution in [2.45, 2.75) is 45.4 Å². The van der Waals surface area contributed by atoms with Crippen molar-refractivity contribution < 1.29 is 4.84 Å². The molecule has 0 bridgehead atoms. The Labute approximate surface area is 227 Å². The zero-order valence-corrected chi connectivity index (χ0v) is 22.5. The first-order valence-corrected chi connectivity index (χ1v) is 13.5. The highest BCUT2D eigenvalue weighted by atomic mass is 16.7. The van der Waals surface area contributed by atoms with Crippen molar-refractivity contribution in [3.05, 3.63) is 82.3 Å². The Kier molecular flexibility index (Phi) is 6.85. The second kappa shape index (κ2) is 10.6. The summed E-state index contributed by atoms with van der Waals surface area (Å²) in [7, 11) is 2.18. The molecule has 1 unspecified atom stereocenters. The van der Waals surface area contributed by atoms with Crippen molar-refractivity contribution in [1.82, 2.24) is 24.9 Å². The van der Waals surface area contributed by atoms with E-state index in [1.807, 2.05) is 44.2 Å². The second-order valence-electron chi connectivity index (χ2n) is 10.3. The minimum atomic E-state index is -0.222. The van der Waals surface area contributed by atoms with Crippen LogP contribution in [0.3, 0.4) is 0 Å². The first-order valence-electron chi connectivity index (χ1n) is 13.5. The zero-order valence-electron chi connectivity index (χ0n) is 22.5. The number of aliphatic imine (C=N–C) groups is 1. The molecule has 2 aromatic heterocycles. The van der Waals surface area contributed by atoms with Crippen LogP contribution in [-0.2, 0) is 11.4 Å². The molecule has 0 saturated carbocycles. The van der Waals surface area contributed by atoms with E-state index in [1.54, 1.807) is 10.8 Å². The molecule has 2 N–H and O–H groups in total. The molecule has 0 amide bonds. The zero-order chi connectivity index (χ0) is 26.9. The van der Waals surface area contributed by atoms with Gasteiger partial charge < -0.3 is 10.2 Å². The van der Waals surface area contributed by atoms with Crippen LogP contribution < -0.4 is 16.4 Å². The lowest BCUT2D eigenvalue weighted by molar-refractivity contribution is 0.0504. The number of anilines is 2. The predicted molar refractivity (Wildman–Crippen MR) is 154 cm³/mol. The van der Waals surface area contributed by atoms with E-state index in [-0.39, 0.29) is 11.8 Å². The van der Waals surface area contributed by atoms with Crippen LogP contribution in [0.5, 0.6) is 0 Å². The van der Waals surface area contributed by atoms with Gasteiger partial charge in [-0.25, -0.2) is 20.3 Å². The largest absolute Gasteiger partial charge is 0.324 e. The Morgan fingerprint density at radius 3 is 2.44 bits per heavy atom. The Balaban J connectivity index is 1.25. The SMILES string of the molecule is CCn1c(=O)c(-c2ccc(C3=NC(C)ON3)cc2)cc2cnc(Nc3ccc(C4CCN(C)CC4)cc3)nc21. The number of nitrogens with zero attached hydrogens (tertiary/aromatic N) is 5. The molecule has 1 fully saturated rings. The molecule has 2 aliphatic heterocycles. The van der Waals surface area contributed by atoms with Crippen LogP contribution >= 0.6 is 0 Å². The first kappa shape index (κ1) is 25.2. The Hall–Kier alpha value is -4.08. The summed E-state index contributed by atoms with van der Waals surface area (Å²) in [6.07, 6.45) is 3.94. The van der Waals surface area contributed by atoms with Crippen molar-refractivity contribution in [3.63, 3.8) is 0 Å². The van der Waals surface area contributed by atoms with E-state index in [9.17, 15) is 4.79 Å². The average molecular weight is 524 g/mol. The topological polar surface area (TPSA) is 96.7 Å². The fraction of sp³-hybridized carbons (Fsp3) is 0.333. The lowest BCUT2D eigenvalue weighted by Gasteiger charge is -2.29. The number of pyridine rings is 1. The lowest BCUT2D eigenvalue weighted by Crippen LogP contribution is -2.29. The van der Waals surface area contributed by atoms with Crippen molar-refractivity contribution in [3.8, 4) is 11.1 Å². The van der Waals surface area contributed by atoms with Gasteiger partial charge in [0.1, 0.15) is 5.65 Å². The fourth-order valence-corrected chi connectivity index (χ4v) is 5.35. The van der Waals surface area contributed by atoms with Crippen LogP contribution in [0.2, 0.25) is 0 Å². The number of hydrogen-bond acceptors (Lipinski definition) is 8. The van der Waals surface area contributed by atoms with E-state index < -0.39 is 0 Å². The summed E-state index contributed by atoms with van der Waals surface area (Å²) in [6.45, 7) is 6.61. The molecule has 0 radical (unpaired) electrons. The molecule has 1 saturated heterocycles. The van der Waals surface area contributed by atoms with Crippen molar-refractivity contribution >= 4 is 28.5 Å². The molecule has 39 heavy (non-hydrogen) atoms. The van der Waals surface area contributed by atoms with Crippen molar-refractivity contribution in [1.29, 1.82) is 0 Å². The fourth-order valence-electron chi connectivity index (χ4n) is 5.35. The van der Waals surface area contributed by atoms with Crippen molar-refractivity contribution in [2.75, 3.05) is 25.5 Å². The molecule has 1 atom stereocenters. The van der Waals surface area contributed by atoms with Gasteiger partial charge in [0.2, 0.25) is 5.95 Å². The molecule has 6 rings (SSSR count). The van der Waals surface area contributed by atoms with Crippen LogP contribution in [0.1, 0.15) is 43.7 Å². The molecular weight excluding hydrogens is 490 g/mol. The molecule has 0 spiro atoms. The van der Waals surface area contributed by atoms with Gasteiger partial charge in [-0.2, -0.15) is 4.98 Å². The Morgan fingerprint density at radius 2 is 1.77 bits per heavy atom. The number of nitrogens with one attached hydrogen (secondary N) is 2. The number of fused-ring (bicyclic) bond motifs is 1. The van der Waals surface area contributed by atoms with E-state index in [0.717, 1.165) is 35.3 Å². The summed E-state index contributed by atoms with van der Waals surface area (Å²) in [4.78, 5) is 34.9. The van der Waals surface area contributed by atoms with E-state index in [2.05, 4.69) is 57.0 Å². The molecule has 200 valence electrons. The highest BCUT2D eigenvalue weighted by Crippen LogP contribution is 2.29. The van der Waals surface area contributed by atoms with Gasteiger partial charge in [0, 0.05) is 34.9 Å². The van der Waals surface area contributed by atoms with Gasteiger partial charge in [-0.15, -0.1) is 0 Å². The molecule has 2 aliphatic rings. The number of rotatable bonds is 6. The highest BCUT2D eigenvalue weighted by molar-refractivity contribution is 5.99. The molecule has 2 aromatic carbocycles. The monoisotopic (exact) mass is 523 g/mol. The van der Waals surface area contributed by atoms with Crippen LogP contribution in [0, 0.1) is 0 Å². The third-order valence-electron chi connectivity index (χ3n) is 7.61. The molecule has 4 heterocycles. The maximum atomic E-state index is 13.5. The maximum Gasteiger partial charge on any atom is 0.260 e. The van der Waals surface area contributed by atoms with Gasteiger partial charge in [0.15, 0.2) is 12.1 Å². The van der Waals surface area contributed by atoms with Gasteiger partial charge in [0.25, 0.3) is 5.56 Å². The molecule has 4 aromatic rings. The first-order chi connectivity index (χ1) is 19.0. The summed E-state index contributed by atoms with van der Waals surface area (Å²) in [6, 6.07) is 18.2. The summed E-state index contributed by atoms with van der Waals surface area (Å²) in [5.74, 6) is 1.76. The molecule has 9 heteroatoms. The van der Waals surface area contributed by atoms with Crippen LogP contribution in [0.4, 0.5) is 11.6 Å². The van der Waals surface area contributed by atoms with Gasteiger partial charge >= 0.3 is 0 Å². The normalized spacial score (nSPS) is 18.2. The number of benzene rings is 2. The van der Waals surface area contributed by atoms with Gasteiger partial charge in [-0.05, 0) is 82.1 Å². The quantitative estimate of drug-likeness (QED) is 0.379. The molecular formula is C30H33N7O2. The van der Waals surface area contributed by atoms with E-state index in [1.165, 1.54) is 18.4 Å². The third kappa shape index (κ3) is 5.15. The van der Waals surface area contributed by atoms with Gasteiger partial charge in [-0.1, -0.05) is 36.4 Å². The van der Waals surface area contributed by atoms with E-state index >= 15 is 0 Å². The second-order valence-corrected chi connectivity index (χ2v) is 10.3. The number of hydrogen-bond donors (Lipinski definition) is 2. The average Bonchev–Trinajstić information content (AvgIpc) is 3.40. The number of piperidine rings is 1. The lowest BCUT2D eigenvalue weighted by atomic mass is 9.89. The van der Waals surface area contributed by atoms with E-state index in [4.69, 9.17) is 9.82 Å². The number of aromatic nitrogens is 3. The maximum absolute atomic E-state index is 13.5. The summed E-state index contributed by atoms with van der Waals surface area (Å²) in [5.41, 5.74) is 8.00. The Morgan fingerprint density at radius 1 is 1.05 bits per heavy atom. The minimum absolute atomic E-state index is 0.0850. The summed E-state index contributed by atoms with van der Waals surface area (Å²) >= 11 is 0. The number of hydroxylamine groups is 1. The van der Waals surface area contributed by atoms with Crippen molar-refractivity contribution in [2.24, 2.45) is 4.99 Å². The number of amidine groups is 1. The molecule has 9 nitrogen and oxygen atoms in total. The summed E-state index contributed by atoms with van der Waals surface area (Å²) in [5, 5.41) is 4.12. The highest BCUT2D eigenvalue weighted by Gasteiger charge is 2.19. The number of aryl methyl sites for hydroxylation is 1. The minimum Gasteiger partial charge on any atom is -0.324 e. The third-order valence-corrected chi connectivity index (χ3v) is 7.61. The summed E-state index contributed by atoms with van der Waals surface area (Å²) < 4.78 is 1.70. The van der Waals surface area contributed by atoms with Gasteiger partial charge in [0.05, 0.1) is 0 Å². The number of likely N-dealkylation sites (tertiary alicyclic amines) is 1. The standard InChI is InChI=1S/C30H33N7O2/c1-4-37-28-24(17-26(29(37)38)22-5-7-23(8-6-22)27-32-19(2)39-35-27)18-31-30(34-28)33-25-11-9-20(10-12-25)21-13-15-36(3)16-14-21/h5-12,17-19,21H,4,13-16H2,1-3H3,(H,32,35)(H,31,33,34). The predicted octanol–water partition coefficient (Wildman–Crippen LogP) is 4.66. The molecule has 0 aliphatic carbocycles. The van der Waals surface area contributed by atoms with Crippen LogP contribution in [0.15, 0.2) is 70.6 Å². The Bertz CT molecular complexity index is 1570.